The average molecular weight is 159 g/mol. The third-order valence-corrected chi connectivity index (χ3v) is 2.01. The van der Waals surface area contributed by atoms with Crippen LogP contribution >= 0.6 is 11.6 Å². The van der Waals surface area contributed by atoms with Gasteiger partial charge < -0.3 is 4.90 Å². The van der Waals surface area contributed by atoms with E-state index in [1.54, 1.807) is 0 Å². The van der Waals surface area contributed by atoms with E-state index in [4.69, 9.17) is 16.9 Å². The molecule has 0 N–H and O–H groups in total. The van der Waals surface area contributed by atoms with Crippen molar-refractivity contribution in [2.45, 2.75) is 6.42 Å². The quantitative estimate of drug-likeness (QED) is 0.575. The molecule has 0 radical (unpaired) electrons. The van der Waals surface area contributed by atoms with Gasteiger partial charge in [0.2, 0.25) is 0 Å². The van der Waals surface area contributed by atoms with E-state index in [0.717, 1.165) is 31.9 Å². The van der Waals surface area contributed by atoms with Crippen LogP contribution in [0, 0.1) is 17.2 Å². The Bertz CT molecular complexity index is 135. The number of hydrogen-bond donors (Lipinski definition) is 0. The van der Waals surface area contributed by atoms with Crippen LogP contribution in [0.15, 0.2) is 0 Å². The molecule has 1 saturated heterocycles. The second-order valence-electron chi connectivity index (χ2n) is 2.63. The van der Waals surface area contributed by atoms with E-state index in [0.29, 0.717) is 0 Å². The highest BCUT2D eigenvalue weighted by molar-refractivity contribution is 6.17. The van der Waals surface area contributed by atoms with Gasteiger partial charge in [-0.05, 0) is 13.0 Å². The van der Waals surface area contributed by atoms with Gasteiger partial charge in [-0.3, -0.25) is 0 Å². The summed E-state index contributed by atoms with van der Waals surface area (Å²) in [6.45, 7) is 2.96. The summed E-state index contributed by atoms with van der Waals surface area (Å²) < 4.78 is 0. The van der Waals surface area contributed by atoms with Crippen molar-refractivity contribution >= 4 is 11.6 Å². The molecule has 3 heteroatoms. The first-order valence-corrected chi connectivity index (χ1v) is 4.08. The predicted octanol–water partition coefficient (Wildman–Crippen LogP) is 1.07. The monoisotopic (exact) mass is 158 g/mol. The van der Waals surface area contributed by atoms with Gasteiger partial charge in [-0.1, -0.05) is 0 Å². The molecule has 0 aromatic carbocycles. The summed E-state index contributed by atoms with van der Waals surface area (Å²) in [5.74, 6) is 1.02. The van der Waals surface area contributed by atoms with E-state index in [9.17, 15) is 0 Å². The number of hydrogen-bond acceptors (Lipinski definition) is 2. The average Bonchev–Trinajstić information content (AvgIpc) is 1.86. The molecule has 0 aromatic heterocycles. The SMILES string of the molecule is N#CC1CN(CCCCl)C1. The molecule has 10 heavy (non-hydrogen) atoms. The minimum atomic E-state index is 0.287. The fourth-order valence-electron chi connectivity index (χ4n) is 1.12. The van der Waals surface area contributed by atoms with E-state index in [1.807, 2.05) is 0 Å². The Morgan fingerprint density at radius 1 is 1.60 bits per heavy atom. The van der Waals surface area contributed by atoms with E-state index in [-0.39, 0.29) is 5.92 Å². The summed E-state index contributed by atoms with van der Waals surface area (Å²) in [6.07, 6.45) is 1.04. The number of alkyl halides is 1. The van der Waals surface area contributed by atoms with E-state index < -0.39 is 0 Å². The lowest BCUT2D eigenvalue weighted by Crippen LogP contribution is -2.46. The van der Waals surface area contributed by atoms with Crippen LogP contribution in [-0.2, 0) is 0 Å². The normalized spacial score (nSPS) is 20.0. The number of rotatable bonds is 3. The third kappa shape index (κ3) is 1.86. The van der Waals surface area contributed by atoms with Crippen molar-refractivity contribution in [1.82, 2.24) is 4.90 Å². The van der Waals surface area contributed by atoms with Crippen molar-refractivity contribution in [3.05, 3.63) is 0 Å². The number of nitriles is 1. The summed E-state index contributed by atoms with van der Waals surface area (Å²) in [6, 6.07) is 2.23. The number of likely N-dealkylation sites (tertiary alicyclic amines) is 1. The lowest BCUT2D eigenvalue weighted by molar-refractivity contribution is 0.136. The molecule has 56 valence electrons. The van der Waals surface area contributed by atoms with Crippen LogP contribution < -0.4 is 0 Å². The molecule has 0 bridgehead atoms. The van der Waals surface area contributed by atoms with E-state index >= 15 is 0 Å². The van der Waals surface area contributed by atoms with Crippen LogP contribution in [-0.4, -0.2) is 30.4 Å². The maximum Gasteiger partial charge on any atom is 0.0717 e. The minimum Gasteiger partial charge on any atom is -0.301 e. The first-order valence-electron chi connectivity index (χ1n) is 3.54. The van der Waals surface area contributed by atoms with Gasteiger partial charge in [-0.2, -0.15) is 5.26 Å². The van der Waals surface area contributed by atoms with Gasteiger partial charge in [0, 0.05) is 19.0 Å². The molecule has 1 aliphatic heterocycles. The van der Waals surface area contributed by atoms with Crippen LogP contribution in [0.3, 0.4) is 0 Å². The van der Waals surface area contributed by atoms with Gasteiger partial charge in [-0.15, -0.1) is 11.6 Å². The molecule has 1 fully saturated rings. The highest BCUT2D eigenvalue weighted by atomic mass is 35.5. The summed E-state index contributed by atoms with van der Waals surface area (Å²) in [7, 11) is 0. The molecular formula is C7H11ClN2. The van der Waals surface area contributed by atoms with Gasteiger partial charge in [0.25, 0.3) is 0 Å². The predicted molar refractivity (Wildman–Crippen MR) is 40.9 cm³/mol. The highest BCUT2D eigenvalue weighted by Gasteiger charge is 2.24. The standard InChI is InChI=1S/C7H11ClN2/c8-2-1-3-10-5-7(4-9)6-10/h7H,1-3,5-6H2. The maximum absolute atomic E-state index is 8.43. The fraction of sp³-hybridized carbons (Fsp3) is 0.857. The van der Waals surface area contributed by atoms with E-state index in [2.05, 4.69) is 11.0 Å². The fourth-order valence-corrected chi connectivity index (χ4v) is 1.24. The Balaban J connectivity index is 1.99. The number of nitrogens with zero attached hydrogens (tertiary/aromatic N) is 2. The molecule has 0 unspecified atom stereocenters. The molecule has 1 heterocycles. The zero-order valence-electron chi connectivity index (χ0n) is 5.89. The minimum absolute atomic E-state index is 0.287. The molecule has 1 rings (SSSR count). The first-order chi connectivity index (χ1) is 4.86. The van der Waals surface area contributed by atoms with Crippen LogP contribution in [0.2, 0.25) is 0 Å². The van der Waals surface area contributed by atoms with E-state index in [1.165, 1.54) is 0 Å². The van der Waals surface area contributed by atoms with Gasteiger partial charge in [0.1, 0.15) is 0 Å². The van der Waals surface area contributed by atoms with Gasteiger partial charge in [-0.25, -0.2) is 0 Å². The van der Waals surface area contributed by atoms with Crippen molar-refractivity contribution in [2.75, 3.05) is 25.5 Å². The molecule has 0 spiro atoms. The molecule has 0 saturated carbocycles. The molecule has 0 amide bonds. The van der Waals surface area contributed by atoms with Crippen molar-refractivity contribution in [1.29, 1.82) is 5.26 Å². The summed E-state index contributed by atoms with van der Waals surface area (Å²) >= 11 is 5.51. The second-order valence-corrected chi connectivity index (χ2v) is 3.01. The molecule has 0 aromatic rings. The maximum atomic E-state index is 8.43. The smallest absolute Gasteiger partial charge is 0.0717 e. The Morgan fingerprint density at radius 2 is 2.30 bits per heavy atom. The topological polar surface area (TPSA) is 27.0 Å². The lowest BCUT2D eigenvalue weighted by Gasteiger charge is -2.34. The largest absolute Gasteiger partial charge is 0.301 e. The Hall–Kier alpha value is -0.260. The molecular weight excluding hydrogens is 148 g/mol. The van der Waals surface area contributed by atoms with Crippen molar-refractivity contribution in [3.63, 3.8) is 0 Å². The zero-order chi connectivity index (χ0) is 7.40. The molecule has 0 aliphatic carbocycles. The van der Waals surface area contributed by atoms with Gasteiger partial charge in [0.15, 0.2) is 0 Å². The lowest BCUT2D eigenvalue weighted by atomic mass is 10.0. The Labute approximate surface area is 66.4 Å². The van der Waals surface area contributed by atoms with Gasteiger partial charge >= 0.3 is 0 Å². The van der Waals surface area contributed by atoms with Crippen molar-refractivity contribution < 1.29 is 0 Å². The van der Waals surface area contributed by atoms with Crippen LogP contribution in [0.4, 0.5) is 0 Å². The molecule has 0 atom stereocenters. The summed E-state index contributed by atoms with van der Waals surface area (Å²) in [5.41, 5.74) is 0. The summed E-state index contributed by atoms with van der Waals surface area (Å²) in [5, 5.41) is 8.43. The molecule has 1 aliphatic rings. The summed E-state index contributed by atoms with van der Waals surface area (Å²) in [4.78, 5) is 2.26. The Kier molecular flexibility index (Phi) is 2.98. The zero-order valence-corrected chi connectivity index (χ0v) is 6.64. The highest BCUT2D eigenvalue weighted by Crippen LogP contribution is 2.13. The van der Waals surface area contributed by atoms with Gasteiger partial charge in [0.05, 0.1) is 12.0 Å². The second kappa shape index (κ2) is 3.80. The third-order valence-electron chi connectivity index (χ3n) is 1.75. The van der Waals surface area contributed by atoms with Crippen molar-refractivity contribution in [2.24, 2.45) is 5.92 Å². The van der Waals surface area contributed by atoms with Crippen LogP contribution in [0.5, 0.6) is 0 Å². The first kappa shape index (κ1) is 7.84. The Morgan fingerprint density at radius 3 is 2.80 bits per heavy atom. The molecule has 2 nitrogen and oxygen atoms in total. The van der Waals surface area contributed by atoms with Crippen LogP contribution in [0.25, 0.3) is 0 Å². The van der Waals surface area contributed by atoms with Crippen LogP contribution in [0.1, 0.15) is 6.42 Å². The van der Waals surface area contributed by atoms with Crippen molar-refractivity contribution in [3.8, 4) is 6.07 Å². The number of halogens is 1.